The third kappa shape index (κ3) is 3.74. The average molecular weight is 249 g/mol. The van der Waals surface area contributed by atoms with Crippen LogP contribution in [0.15, 0.2) is 24.3 Å². The van der Waals surface area contributed by atoms with Crippen molar-refractivity contribution in [3.05, 3.63) is 29.8 Å². The minimum absolute atomic E-state index is 0.220. The zero-order chi connectivity index (χ0) is 12.8. The SMILES string of the molecule is COC(=O)Cc1ccc(OC2CCNCC2)cc1. The van der Waals surface area contributed by atoms with Crippen LogP contribution in [0.2, 0.25) is 0 Å². The van der Waals surface area contributed by atoms with Crippen molar-refractivity contribution in [1.29, 1.82) is 0 Å². The summed E-state index contributed by atoms with van der Waals surface area (Å²) in [7, 11) is 1.40. The monoisotopic (exact) mass is 249 g/mol. The lowest BCUT2D eigenvalue weighted by Gasteiger charge is -2.23. The molecule has 2 rings (SSSR count). The summed E-state index contributed by atoms with van der Waals surface area (Å²) in [6.45, 7) is 2.04. The molecular weight excluding hydrogens is 230 g/mol. The Morgan fingerprint density at radius 3 is 2.56 bits per heavy atom. The zero-order valence-corrected chi connectivity index (χ0v) is 10.6. The number of benzene rings is 1. The molecule has 0 aromatic heterocycles. The van der Waals surface area contributed by atoms with E-state index in [1.54, 1.807) is 0 Å². The van der Waals surface area contributed by atoms with E-state index >= 15 is 0 Å². The summed E-state index contributed by atoms with van der Waals surface area (Å²) >= 11 is 0. The van der Waals surface area contributed by atoms with Gasteiger partial charge in [0.05, 0.1) is 13.5 Å². The van der Waals surface area contributed by atoms with Gasteiger partial charge in [0.1, 0.15) is 11.9 Å². The lowest BCUT2D eigenvalue weighted by molar-refractivity contribution is -0.139. The number of methoxy groups -OCH3 is 1. The number of hydrogen-bond donors (Lipinski definition) is 1. The van der Waals surface area contributed by atoms with E-state index in [9.17, 15) is 4.79 Å². The van der Waals surface area contributed by atoms with Crippen molar-refractivity contribution in [2.45, 2.75) is 25.4 Å². The van der Waals surface area contributed by atoms with Gasteiger partial charge in [0.15, 0.2) is 0 Å². The van der Waals surface area contributed by atoms with Gasteiger partial charge in [-0.1, -0.05) is 12.1 Å². The smallest absolute Gasteiger partial charge is 0.309 e. The zero-order valence-electron chi connectivity index (χ0n) is 10.6. The molecule has 1 fully saturated rings. The number of ether oxygens (including phenoxy) is 2. The lowest BCUT2D eigenvalue weighted by Crippen LogP contribution is -2.34. The predicted octanol–water partition coefficient (Wildman–Crippen LogP) is 1.53. The summed E-state index contributed by atoms with van der Waals surface area (Å²) in [6.07, 6.45) is 2.70. The van der Waals surface area contributed by atoms with E-state index in [-0.39, 0.29) is 5.97 Å². The summed E-state index contributed by atoms with van der Waals surface area (Å²) in [6, 6.07) is 7.65. The van der Waals surface area contributed by atoms with E-state index < -0.39 is 0 Å². The molecule has 4 nitrogen and oxygen atoms in total. The van der Waals surface area contributed by atoms with Gasteiger partial charge in [0, 0.05) is 0 Å². The molecule has 18 heavy (non-hydrogen) atoms. The van der Waals surface area contributed by atoms with Crippen LogP contribution in [0, 0.1) is 0 Å². The fourth-order valence-electron chi connectivity index (χ4n) is 2.03. The average Bonchev–Trinajstić information content (AvgIpc) is 2.42. The van der Waals surface area contributed by atoms with Crippen molar-refractivity contribution in [1.82, 2.24) is 5.32 Å². The van der Waals surface area contributed by atoms with E-state index in [0.29, 0.717) is 12.5 Å². The van der Waals surface area contributed by atoms with Crippen LogP contribution in [0.1, 0.15) is 18.4 Å². The molecule has 0 amide bonds. The van der Waals surface area contributed by atoms with Crippen LogP contribution >= 0.6 is 0 Å². The second kappa shape index (κ2) is 6.40. The maximum absolute atomic E-state index is 11.1. The Kier molecular flexibility index (Phi) is 4.59. The first-order valence-corrected chi connectivity index (χ1v) is 6.31. The van der Waals surface area contributed by atoms with Crippen molar-refractivity contribution < 1.29 is 14.3 Å². The van der Waals surface area contributed by atoms with E-state index in [1.807, 2.05) is 24.3 Å². The number of carbonyl (C=O) groups is 1. The Morgan fingerprint density at radius 1 is 1.28 bits per heavy atom. The summed E-state index contributed by atoms with van der Waals surface area (Å²) in [5.41, 5.74) is 0.944. The fraction of sp³-hybridized carbons (Fsp3) is 0.500. The molecule has 98 valence electrons. The summed E-state index contributed by atoms with van der Waals surface area (Å²) in [5.74, 6) is 0.650. The topological polar surface area (TPSA) is 47.6 Å². The van der Waals surface area contributed by atoms with Crippen LogP contribution in [-0.4, -0.2) is 32.3 Å². The minimum Gasteiger partial charge on any atom is -0.490 e. The molecule has 1 N–H and O–H groups in total. The molecule has 1 heterocycles. The predicted molar refractivity (Wildman–Crippen MR) is 68.7 cm³/mol. The van der Waals surface area contributed by atoms with Crippen LogP contribution in [-0.2, 0) is 16.0 Å². The van der Waals surface area contributed by atoms with Crippen molar-refractivity contribution in [2.24, 2.45) is 0 Å². The third-order valence-electron chi connectivity index (χ3n) is 3.09. The summed E-state index contributed by atoms with van der Waals surface area (Å²) < 4.78 is 10.5. The maximum atomic E-state index is 11.1. The molecule has 0 saturated carbocycles. The second-order valence-electron chi connectivity index (χ2n) is 4.46. The van der Waals surface area contributed by atoms with Crippen molar-refractivity contribution >= 4 is 5.97 Å². The first-order chi connectivity index (χ1) is 8.78. The Hall–Kier alpha value is -1.55. The largest absolute Gasteiger partial charge is 0.490 e. The Labute approximate surface area is 107 Å². The Bertz CT molecular complexity index is 383. The highest BCUT2D eigenvalue weighted by molar-refractivity contribution is 5.72. The number of hydrogen-bond acceptors (Lipinski definition) is 4. The maximum Gasteiger partial charge on any atom is 0.309 e. The van der Waals surface area contributed by atoms with Gasteiger partial charge < -0.3 is 14.8 Å². The molecule has 4 heteroatoms. The number of rotatable bonds is 4. The molecule has 1 aliphatic rings. The molecular formula is C14H19NO3. The molecule has 0 atom stereocenters. The highest BCUT2D eigenvalue weighted by atomic mass is 16.5. The van der Waals surface area contributed by atoms with Gasteiger partial charge in [-0.25, -0.2) is 0 Å². The molecule has 0 bridgehead atoms. The summed E-state index contributed by atoms with van der Waals surface area (Å²) in [5, 5.41) is 3.31. The van der Waals surface area contributed by atoms with Crippen molar-refractivity contribution in [3.8, 4) is 5.75 Å². The highest BCUT2D eigenvalue weighted by Crippen LogP contribution is 2.17. The normalized spacial score (nSPS) is 16.3. The quantitative estimate of drug-likeness (QED) is 0.822. The van der Waals surface area contributed by atoms with Crippen molar-refractivity contribution in [2.75, 3.05) is 20.2 Å². The molecule has 0 unspecified atom stereocenters. The standard InChI is InChI=1S/C14H19NO3/c1-17-14(16)10-11-2-4-12(5-3-11)18-13-6-8-15-9-7-13/h2-5,13,15H,6-10H2,1H3. The molecule has 1 saturated heterocycles. The number of carbonyl (C=O) groups excluding carboxylic acids is 1. The first-order valence-electron chi connectivity index (χ1n) is 6.31. The van der Waals surface area contributed by atoms with E-state index in [1.165, 1.54) is 7.11 Å². The number of esters is 1. The third-order valence-corrected chi connectivity index (χ3v) is 3.09. The van der Waals surface area contributed by atoms with Gasteiger partial charge in [-0.3, -0.25) is 4.79 Å². The van der Waals surface area contributed by atoms with Gasteiger partial charge in [-0.15, -0.1) is 0 Å². The van der Waals surface area contributed by atoms with Gasteiger partial charge in [0.25, 0.3) is 0 Å². The van der Waals surface area contributed by atoms with E-state index in [2.05, 4.69) is 10.1 Å². The molecule has 0 radical (unpaired) electrons. The Balaban J connectivity index is 1.88. The van der Waals surface area contributed by atoms with Crippen LogP contribution in [0.4, 0.5) is 0 Å². The van der Waals surface area contributed by atoms with Crippen molar-refractivity contribution in [3.63, 3.8) is 0 Å². The highest BCUT2D eigenvalue weighted by Gasteiger charge is 2.14. The molecule has 1 aromatic carbocycles. The first kappa shape index (κ1) is 12.9. The van der Waals surface area contributed by atoms with Gasteiger partial charge in [-0.05, 0) is 43.6 Å². The lowest BCUT2D eigenvalue weighted by atomic mass is 10.1. The van der Waals surface area contributed by atoms with Gasteiger partial charge >= 0.3 is 5.97 Å². The second-order valence-corrected chi connectivity index (χ2v) is 4.46. The fourth-order valence-corrected chi connectivity index (χ4v) is 2.03. The summed E-state index contributed by atoms with van der Waals surface area (Å²) in [4.78, 5) is 11.1. The molecule has 1 aliphatic heterocycles. The minimum atomic E-state index is -0.220. The Morgan fingerprint density at radius 2 is 1.94 bits per heavy atom. The van der Waals surface area contributed by atoms with Crippen LogP contribution in [0.25, 0.3) is 0 Å². The van der Waals surface area contributed by atoms with Crippen LogP contribution in [0.5, 0.6) is 5.75 Å². The van der Waals surface area contributed by atoms with Gasteiger partial charge in [-0.2, -0.15) is 0 Å². The van der Waals surface area contributed by atoms with Crippen LogP contribution < -0.4 is 10.1 Å². The molecule has 0 spiro atoms. The van der Waals surface area contributed by atoms with Crippen LogP contribution in [0.3, 0.4) is 0 Å². The number of piperidine rings is 1. The number of nitrogens with one attached hydrogen (secondary N) is 1. The van der Waals surface area contributed by atoms with E-state index in [0.717, 1.165) is 37.2 Å². The molecule has 1 aromatic rings. The van der Waals surface area contributed by atoms with Gasteiger partial charge in [0.2, 0.25) is 0 Å². The van der Waals surface area contributed by atoms with E-state index in [4.69, 9.17) is 4.74 Å². The molecule has 0 aliphatic carbocycles.